The van der Waals surface area contributed by atoms with Crippen molar-refractivity contribution in [1.29, 1.82) is 0 Å². The van der Waals surface area contributed by atoms with Gasteiger partial charge in [-0.15, -0.1) is 0 Å². The number of rotatable bonds is 3. The van der Waals surface area contributed by atoms with Gasteiger partial charge in [-0.3, -0.25) is 4.79 Å². The topological polar surface area (TPSA) is 17.1 Å². The maximum absolute atomic E-state index is 10.6. The molecule has 0 rings (SSSR count). The average molecular weight is 167 g/mol. The highest BCUT2D eigenvalue weighted by molar-refractivity contribution is 6.53. The molecule has 0 heterocycles. The molecule has 0 spiro atoms. The molecule has 0 bridgehead atoms. The van der Waals surface area contributed by atoms with Gasteiger partial charge in [0.05, 0.1) is 0 Å². The molecule has 9 heavy (non-hydrogen) atoms. The fraction of sp³-hybridized carbons (Fsp3) is 0.500. The van der Waals surface area contributed by atoms with Crippen molar-refractivity contribution in [3.63, 3.8) is 0 Å². The van der Waals surface area contributed by atoms with Gasteiger partial charge in [0.2, 0.25) is 0 Å². The summed E-state index contributed by atoms with van der Waals surface area (Å²) in [6, 6.07) is 0. The van der Waals surface area contributed by atoms with E-state index in [4.69, 9.17) is 23.2 Å². The predicted octanol–water partition coefficient (Wildman–Crippen LogP) is 2.33. The molecular formula is C6H8Cl2O. The molecule has 0 aromatic heterocycles. The van der Waals surface area contributed by atoms with E-state index in [1.165, 1.54) is 0 Å². The summed E-state index contributed by atoms with van der Waals surface area (Å²) in [5, 5.41) is 0. The maximum Gasteiger partial charge on any atom is 0.169 e. The van der Waals surface area contributed by atoms with Gasteiger partial charge in [0.25, 0.3) is 0 Å². The third-order valence-electron chi connectivity index (χ3n) is 0.719. The first kappa shape index (κ1) is 8.99. The van der Waals surface area contributed by atoms with Crippen LogP contribution in [0.4, 0.5) is 0 Å². The molecule has 3 heteroatoms. The van der Waals surface area contributed by atoms with E-state index in [1.54, 1.807) is 6.92 Å². The van der Waals surface area contributed by atoms with Crippen LogP contribution >= 0.6 is 23.2 Å². The first-order chi connectivity index (χ1) is 4.04. The van der Waals surface area contributed by atoms with Crippen LogP contribution in [0, 0.1) is 0 Å². The molecule has 1 nitrogen and oxygen atoms in total. The lowest BCUT2D eigenvalue weighted by molar-refractivity contribution is -0.116. The van der Waals surface area contributed by atoms with Crippen LogP contribution in [0.5, 0.6) is 0 Å². The van der Waals surface area contributed by atoms with Crippen LogP contribution in [-0.2, 0) is 4.79 Å². The summed E-state index contributed by atoms with van der Waals surface area (Å²) in [6.07, 6.45) is 0.275. The first-order valence-electron chi connectivity index (χ1n) is 2.49. The minimum absolute atomic E-state index is 0.189. The molecule has 0 unspecified atom stereocenters. The summed E-state index contributed by atoms with van der Waals surface area (Å²) in [5.41, 5.74) is 0.784. The largest absolute Gasteiger partial charge is 0.296 e. The van der Waals surface area contributed by atoms with Crippen molar-refractivity contribution in [2.24, 2.45) is 0 Å². The molecule has 0 saturated heterocycles. The third kappa shape index (κ3) is 4.49. The molecule has 0 radical (unpaired) electrons. The van der Waals surface area contributed by atoms with Crippen molar-refractivity contribution in [2.75, 3.05) is 0 Å². The Morgan fingerprint density at radius 1 is 1.67 bits per heavy atom. The number of allylic oxidation sites excluding steroid dienone is 1. The number of hydrogen-bond donors (Lipinski definition) is 0. The summed E-state index contributed by atoms with van der Waals surface area (Å²) in [7, 11) is 0. The molecule has 0 N–H and O–H groups in total. The number of carbonyl (C=O) groups excluding carboxylic acids is 1. The first-order valence-corrected chi connectivity index (χ1v) is 3.36. The zero-order chi connectivity index (χ0) is 7.44. The Balaban J connectivity index is 3.64. The Morgan fingerprint density at radius 3 is 2.22 bits per heavy atom. The molecule has 52 valence electrons. The van der Waals surface area contributed by atoms with Gasteiger partial charge in [0.1, 0.15) is 0 Å². The Kier molecular flexibility index (Phi) is 3.91. The van der Waals surface area contributed by atoms with E-state index in [0.29, 0.717) is 0 Å². The Morgan fingerprint density at radius 2 is 2.11 bits per heavy atom. The fourth-order valence-electron chi connectivity index (χ4n) is 0.375. The predicted molar refractivity (Wildman–Crippen MR) is 39.9 cm³/mol. The smallest absolute Gasteiger partial charge is 0.169 e. The molecule has 0 aliphatic rings. The van der Waals surface area contributed by atoms with Crippen molar-refractivity contribution < 1.29 is 4.79 Å². The summed E-state index contributed by atoms with van der Waals surface area (Å²) in [5.74, 6) is -0.189. The minimum Gasteiger partial charge on any atom is -0.296 e. The SMILES string of the molecule is C=C(C)CC(=O)C(Cl)Cl. The van der Waals surface area contributed by atoms with E-state index in [-0.39, 0.29) is 12.2 Å². The van der Waals surface area contributed by atoms with Gasteiger partial charge in [-0.25, -0.2) is 0 Å². The molecule has 0 aliphatic heterocycles. The van der Waals surface area contributed by atoms with Crippen LogP contribution in [0.25, 0.3) is 0 Å². The number of alkyl halides is 2. The maximum atomic E-state index is 10.6. The number of ketones is 1. The van der Waals surface area contributed by atoms with Crippen LogP contribution in [0.15, 0.2) is 12.2 Å². The summed E-state index contributed by atoms with van der Waals surface area (Å²) >= 11 is 10.5. The highest BCUT2D eigenvalue weighted by Crippen LogP contribution is 2.08. The number of halogens is 2. The quantitative estimate of drug-likeness (QED) is 0.465. The average Bonchev–Trinajstić information content (AvgIpc) is 1.63. The molecule has 0 saturated carbocycles. The second kappa shape index (κ2) is 3.91. The summed E-state index contributed by atoms with van der Waals surface area (Å²) in [6.45, 7) is 5.30. The Bertz CT molecular complexity index is 129. The molecule has 0 aromatic rings. The van der Waals surface area contributed by atoms with E-state index in [1.807, 2.05) is 0 Å². The molecule has 0 fully saturated rings. The van der Waals surface area contributed by atoms with Gasteiger partial charge < -0.3 is 0 Å². The van der Waals surface area contributed by atoms with Crippen LogP contribution in [0.3, 0.4) is 0 Å². The van der Waals surface area contributed by atoms with Crippen LogP contribution in [-0.4, -0.2) is 10.6 Å². The Hall–Kier alpha value is -0.0100. The monoisotopic (exact) mass is 166 g/mol. The van der Waals surface area contributed by atoms with Gasteiger partial charge in [-0.05, 0) is 6.92 Å². The van der Waals surface area contributed by atoms with Gasteiger partial charge >= 0.3 is 0 Å². The van der Waals surface area contributed by atoms with Crippen molar-refractivity contribution in [1.82, 2.24) is 0 Å². The van der Waals surface area contributed by atoms with E-state index >= 15 is 0 Å². The zero-order valence-corrected chi connectivity index (χ0v) is 6.67. The highest BCUT2D eigenvalue weighted by Gasteiger charge is 2.10. The van der Waals surface area contributed by atoms with Crippen molar-refractivity contribution in [2.45, 2.75) is 18.2 Å². The number of carbonyl (C=O) groups is 1. The van der Waals surface area contributed by atoms with Crippen molar-refractivity contribution in [3.05, 3.63) is 12.2 Å². The van der Waals surface area contributed by atoms with Crippen molar-refractivity contribution in [3.8, 4) is 0 Å². The standard InChI is InChI=1S/C6H8Cl2O/c1-4(2)3-5(9)6(7)8/h6H,1,3H2,2H3. The summed E-state index contributed by atoms with van der Waals surface area (Å²) < 4.78 is 0. The second-order valence-corrected chi connectivity index (χ2v) is 3.00. The van der Waals surface area contributed by atoms with Gasteiger partial charge in [0.15, 0.2) is 10.6 Å². The van der Waals surface area contributed by atoms with Crippen LogP contribution in [0.2, 0.25) is 0 Å². The highest BCUT2D eigenvalue weighted by atomic mass is 35.5. The van der Waals surface area contributed by atoms with Gasteiger partial charge in [0, 0.05) is 6.42 Å². The lowest BCUT2D eigenvalue weighted by Crippen LogP contribution is -2.06. The fourth-order valence-corrected chi connectivity index (χ4v) is 0.529. The van der Waals surface area contributed by atoms with E-state index in [9.17, 15) is 4.79 Å². The summed E-state index contributed by atoms with van der Waals surface area (Å²) in [4.78, 5) is 9.73. The van der Waals surface area contributed by atoms with Gasteiger partial charge in [-0.2, -0.15) is 0 Å². The van der Waals surface area contributed by atoms with Crippen molar-refractivity contribution >= 4 is 29.0 Å². The lowest BCUT2D eigenvalue weighted by Gasteiger charge is -1.97. The Labute approximate surface area is 64.6 Å². The van der Waals surface area contributed by atoms with E-state index < -0.39 is 4.84 Å². The second-order valence-electron chi connectivity index (χ2n) is 1.90. The molecular weight excluding hydrogens is 159 g/mol. The van der Waals surface area contributed by atoms with E-state index in [0.717, 1.165) is 5.57 Å². The molecule has 0 atom stereocenters. The lowest BCUT2D eigenvalue weighted by atomic mass is 10.2. The zero-order valence-electron chi connectivity index (χ0n) is 5.16. The van der Waals surface area contributed by atoms with Crippen LogP contribution in [0.1, 0.15) is 13.3 Å². The normalized spacial score (nSPS) is 9.78. The molecule has 0 aliphatic carbocycles. The number of hydrogen-bond acceptors (Lipinski definition) is 1. The molecule has 0 amide bonds. The minimum atomic E-state index is -0.901. The third-order valence-corrected chi connectivity index (χ3v) is 1.21. The van der Waals surface area contributed by atoms with Crippen LogP contribution < -0.4 is 0 Å². The molecule has 0 aromatic carbocycles. The van der Waals surface area contributed by atoms with E-state index in [2.05, 4.69) is 6.58 Å². The van der Waals surface area contributed by atoms with Gasteiger partial charge in [-0.1, -0.05) is 35.4 Å². The number of Topliss-reactive ketones (excluding diaryl/α,β-unsaturated/α-hetero) is 1.